The van der Waals surface area contributed by atoms with E-state index in [0.29, 0.717) is 11.3 Å². The van der Waals surface area contributed by atoms with E-state index in [1.807, 2.05) is 30.6 Å². The van der Waals surface area contributed by atoms with Crippen molar-refractivity contribution >= 4 is 37.5 Å². The molecule has 5 heterocycles. The van der Waals surface area contributed by atoms with Gasteiger partial charge in [0.05, 0.1) is 52.2 Å². The van der Waals surface area contributed by atoms with Crippen molar-refractivity contribution in [3.63, 3.8) is 0 Å². The van der Waals surface area contributed by atoms with Crippen molar-refractivity contribution in [3.05, 3.63) is 363 Å². The molecule has 16 aromatic rings. The average molecular weight is 1440 g/mol. The lowest BCUT2D eigenvalue weighted by molar-refractivity contribution is -0.664. The topological polar surface area (TPSA) is 67.2 Å². The third-order valence-electron chi connectivity index (χ3n) is 19.0. The summed E-state index contributed by atoms with van der Waals surface area (Å²) in [4.78, 5) is 0. The molecule has 0 radical (unpaired) electrons. The number of hydrogen-bond acceptors (Lipinski definition) is 3. The van der Waals surface area contributed by atoms with Gasteiger partial charge in [0.1, 0.15) is 22.8 Å². The summed E-state index contributed by atoms with van der Waals surface area (Å²) < 4.78 is 13.3. The molecule has 2 unspecified atom stereocenters. The smallest absolute Gasteiger partial charge is 0.245 e. The first-order valence-corrected chi connectivity index (χ1v) is 39.9. The molecule has 0 aliphatic rings. The molecule has 0 saturated heterocycles. The second kappa shape index (κ2) is 33.4. The minimum Gasteiger partial charge on any atom is -0.309 e. The number of fused-ring (bicyclic) bond motifs is 1. The zero-order valence-corrected chi connectivity index (χ0v) is 65.3. The summed E-state index contributed by atoms with van der Waals surface area (Å²) in [6, 6.07) is 117. The van der Waals surface area contributed by atoms with Crippen molar-refractivity contribution in [3.8, 4) is 90.4 Å². The zero-order chi connectivity index (χ0) is 74.6. The standard InChI is InChI=1S/C31H33N4P.C23H19N.C22H19N2.C20H25N2P/c1-23(2)36(31(3,4)5)27-21-22-32-35(27)30-28(24-15-9-6-10-16-24)33-34(26-19-13-8-14-20-26)29(30)25-17-11-7-12-18-25;2*1-18-10-8-9-15-21(18)24-22(19-11-4-2-5-12-19)16-17-23(24)20-13-6-3-7-14-20;1-15(2)23(20(3,4)5)19-13-14-21-22(19)18-12-8-10-16-9-6-7-11-17(16)18/h6-23H,1-5H3;2*2-17H,1H3;6-15H,1-5H3/q;;+1;. The Bertz CT molecular complexity index is 5230. The Labute approximate surface area is 635 Å². The van der Waals surface area contributed by atoms with Gasteiger partial charge >= 0.3 is 0 Å². The van der Waals surface area contributed by atoms with Crippen molar-refractivity contribution < 1.29 is 4.68 Å². The lowest BCUT2D eigenvalue weighted by Gasteiger charge is -2.35. The molecule has 107 heavy (non-hydrogen) atoms. The summed E-state index contributed by atoms with van der Waals surface area (Å²) in [5, 5.41) is 17.8. The number of rotatable bonds is 15. The van der Waals surface area contributed by atoms with E-state index in [1.165, 1.54) is 83.6 Å². The number of benzene rings is 11. The van der Waals surface area contributed by atoms with Crippen LogP contribution in [0.3, 0.4) is 0 Å². The maximum Gasteiger partial charge on any atom is 0.245 e. The molecule has 0 aliphatic heterocycles. The van der Waals surface area contributed by atoms with Crippen molar-refractivity contribution in [2.75, 3.05) is 0 Å². The highest BCUT2D eigenvalue weighted by atomic mass is 31.1. The van der Waals surface area contributed by atoms with Gasteiger partial charge in [-0.15, -0.1) is 4.68 Å². The Kier molecular flexibility index (Phi) is 23.1. The largest absolute Gasteiger partial charge is 0.309 e. The molecule has 0 fully saturated rings. The third-order valence-corrected chi connectivity index (χ3v) is 25.6. The molecule has 0 saturated carbocycles. The van der Waals surface area contributed by atoms with E-state index in [4.69, 9.17) is 10.2 Å². The molecule has 534 valence electrons. The van der Waals surface area contributed by atoms with Crippen LogP contribution in [0.25, 0.3) is 101 Å². The number of hydrogen-bond donors (Lipinski definition) is 0. The molecular formula is C96H96N9P2+. The van der Waals surface area contributed by atoms with Crippen LogP contribution in [0.1, 0.15) is 80.4 Å². The molecule has 2 atom stereocenters. The van der Waals surface area contributed by atoms with Crippen LogP contribution in [0.4, 0.5) is 0 Å². The molecular weight excluding hydrogens is 1340 g/mol. The van der Waals surface area contributed by atoms with Crippen LogP contribution < -0.4 is 15.6 Å². The number of aromatic nitrogens is 9. The Morgan fingerprint density at radius 2 is 0.776 bits per heavy atom. The Balaban J connectivity index is 0.000000128. The highest BCUT2D eigenvalue weighted by Crippen LogP contribution is 2.54. The van der Waals surface area contributed by atoms with Gasteiger partial charge in [-0.25, -0.2) is 14.0 Å². The molecule has 0 bridgehead atoms. The fourth-order valence-corrected chi connectivity index (χ4v) is 21.4. The summed E-state index contributed by atoms with van der Waals surface area (Å²) in [6.45, 7) is 27.7. The van der Waals surface area contributed by atoms with Crippen molar-refractivity contribution in [1.82, 2.24) is 38.6 Å². The first kappa shape index (κ1) is 74.0. The highest BCUT2D eigenvalue weighted by molar-refractivity contribution is 7.67. The van der Waals surface area contributed by atoms with E-state index in [0.717, 1.165) is 39.6 Å². The van der Waals surface area contributed by atoms with Gasteiger partial charge in [0, 0.05) is 45.5 Å². The van der Waals surface area contributed by atoms with Crippen LogP contribution in [0.15, 0.2) is 352 Å². The third kappa shape index (κ3) is 16.5. The van der Waals surface area contributed by atoms with Crippen LogP contribution in [0, 0.1) is 13.8 Å². The number of para-hydroxylation sites is 4. The predicted molar refractivity (Wildman–Crippen MR) is 454 cm³/mol. The normalized spacial score (nSPS) is 12.0. The van der Waals surface area contributed by atoms with Crippen molar-refractivity contribution in [2.24, 2.45) is 0 Å². The van der Waals surface area contributed by atoms with E-state index < -0.39 is 7.92 Å². The SMILES string of the molecule is CC(C)P(c1ccnn1-c1c(-c2ccccc2)nn(-c2ccccc2)c1-c1ccccc1)C(C)(C)C.CC(C)P(c1ccnn1-c1cccc2ccccc12)C(C)(C)C.Cc1ccccc1-[n+]1c(-c2ccccc2)ccn1-c1ccccc1.Cc1ccccc1-n1c(-c2ccccc2)ccc1-c1ccccc1. The van der Waals surface area contributed by atoms with E-state index in [9.17, 15) is 0 Å². The second-order valence-electron chi connectivity index (χ2n) is 29.3. The zero-order valence-electron chi connectivity index (χ0n) is 63.6. The first-order chi connectivity index (χ1) is 51.9. The first-order valence-electron chi connectivity index (χ1n) is 37.1. The summed E-state index contributed by atoms with van der Waals surface area (Å²) in [5.74, 6) is 0. The quantitative estimate of drug-likeness (QED) is 0.0759. The second-order valence-corrected chi connectivity index (χ2v) is 36.4. The summed E-state index contributed by atoms with van der Waals surface area (Å²) in [5.41, 5.74) is 24.5. The lowest BCUT2D eigenvalue weighted by Crippen LogP contribution is -2.42. The van der Waals surface area contributed by atoms with Gasteiger partial charge in [-0.1, -0.05) is 323 Å². The van der Waals surface area contributed by atoms with Gasteiger partial charge in [0.25, 0.3) is 0 Å². The summed E-state index contributed by atoms with van der Waals surface area (Å²) in [6.07, 6.45) is 6.02. The van der Waals surface area contributed by atoms with Crippen LogP contribution in [-0.2, 0) is 0 Å². The van der Waals surface area contributed by atoms with Crippen molar-refractivity contribution in [1.29, 1.82) is 0 Å². The molecule has 9 nitrogen and oxygen atoms in total. The molecule has 5 aromatic heterocycles. The van der Waals surface area contributed by atoms with Crippen LogP contribution in [0.5, 0.6) is 0 Å². The lowest BCUT2D eigenvalue weighted by atomic mass is 10.1. The van der Waals surface area contributed by atoms with E-state index >= 15 is 0 Å². The minimum atomic E-state index is -0.507. The number of nitrogens with zero attached hydrogens (tertiary/aromatic N) is 9. The van der Waals surface area contributed by atoms with Gasteiger partial charge in [-0.05, 0) is 146 Å². The summed E-state index contributed by atoms with van der Waals surface area (Å²) >= 11 is 0. The summed E-state index contributed by atoms with van der Waals surface area (Å²) in [7, 11) is -0.825. The maximum absolute atomic E-state index is 5.25. The van der Waals surface area contributed by atoms with Crippen LogP contribution in [0.2, 0.25) is 0 Å². The molecule has 0 aliphatic carbocycles. The molecule has 11 heteroatoms. The van der Waals surface area contributed by atoms with Gasteiger partial charge in [0.2, 0.25) is 11.4 Å². The van der Waals surface area contributed by atoms with E-state index in [-0.39, 0.29) is 18.2 Å². The fraction of sp³-hybridized carbons (Fsp3) is 0.167. The molecule has 16 rings (SSSR count). The minimum absolute atomic E-state index is 0.135. The molecule has 0 amide bonds. The fourth-order valence-electron chi connectivity index (χ4n) is 14.7. The Morgan fingerprint density at radius 3 is 1.30 bits per heavy atom. The number of aryl methyl sites for hydroxylation is 2. The highest BCUT2D eigenvalue weighted by Gasteiger charge is 2.35. The maximum atomic E-state index is 5.25. The van der Waals surface area contributed by atoms with Crippen molar-refractivity contribution in [2.45, 2.75) is 105 Å². The Morgan fingerprint density at radius 1 is 0.355 bits per heavy atom. The molecule has 0 N–H and O–H groups in total. The van der Waals surface area contributed by atoms with E-state index in [1.54, 1.807) is 0 Å². The average Bonchev–Trinajstić information content (AvgIpc) is 1.62. The van der Waals surface area contributed by atoms with Gasteiger partial charge < -0.3 is 4.57 Å². The van der Waals surface area contributed by atoms with Crippen LogP contribution in [-0.4, -0.2) is 60.2 Å². The van der Waals surface area contributed by atoms with Gasteiger partial charge in [-0.3, -0.25) is 0 Å². The van der Waals surface area contributed by atoms with Gasteiger partial charge in [-0.2, -0.15) is 15.3 Å². The molecule has 11 aromatic carbocycles. The van der Waals surface area contributed by atoms with E-state index in [2.05, 4.69) is 438 Å². The van der Waals surface area contributed by atoms with Gasteiger partial charge in [0.15, 0.2) is 0 Å². The van der Waals surface area contributed by atoms with Crippen LogP contribution >= 0.6 is 15.8 Å². The molecule has 0 spiro atoms. The monoisotopic (exact) mass is 1440 g/mol. The predicted octanol–water partition coefficient (Wildman–Crippen LogP) is 23.9. The Hall–Kier alpha value is -11.3.